The van der Waals surface area contributed by atoms with Gasteiger partial charge in [0.2, 0.25) is 0 Å². The summed E-state index contributed by atoms with van der Waals surface area (Å²) in [5.74, 6) is 0.361. The minimum absolute atomic E-state index is 0.209. The summed E-state index contributed by atoms with van der Waals surface area (Å²) in [7, 11) is 1.92. The molecule has 7 nitrogen and oxygen atoms in total. The van der Waals surface area contributed by atoms with Crippen molar-refractivity contribution in [1.82, 2.24) is 14.9 Å². The van der Waals surface area contributed by atoms with Crippen molar-refractivity contribution in [2.75, 3.05) is 5.32 Å². The maximum Gasteiger partial charge on any atom is 0.291 e. The van der Waals surface area contributed by atoms with E-state index in [0.29, 0.717) is 17.8 Å². The number of fused-ring (bicyclic) bond motifs is 1. The van der Waals surface area contributed by atoms with E-state index in [1.54, 1.807) is 30.3 Å². The molecule has 0 aliphatic rings. The van der Waals surface area contributed by atoms with Crippen LogP contribution in [-0.2, 0) is 13.6 Å². The normalized spacial score (nSPS) is 10.8. The van der Waals surface area contributed by atoms with Crippen LogP contribution in [0.3, 0.4) is 0 Å². The molecule has 4 rings (SSSR count). The van der Waals surface area contributed by atoms with Crippen LogP contribution in [0.25, 0.3) is 11.0 Å². The van der Waals surface area contributed by atoms with Crippen molar-refractivity contribution in [3.05, 3.63) is 83.6 Å². The van der Waals surface area contributed by atoms with Crippen molar-refractivity contribution < 1.29 is 14.0 Å². The fourth-order valence-electron chi connectivity index (χ4n) is 3.10. The minimum atomic E-state index is -0.365. The molecule has 7 heteroatoms. The number of aromatic nitrogens is 2. The van der Waals surface area contributed by atoms with Crippen molar-refractivity contribution in [3.63, 3.8) is 0 Å². The molecule has 2 aromatic heterocycles. The molecule has 0 spiro atoms. The van der Waals surface area contributed by atoms with E-state index in [1.807, 2.05) is 42.8 Å². The average molecular weight is 388 g/mol. The fourth-order valence-corrected chi connectivity index (χ4v) is 3.10. The zero-order valence-electron chi connectivity index (χ0n) is 16.1. The van der Waals surface area contributed by atoms with Crippen LogP contribution in [0.1, 0.15) is 32.3 Å². The molecule has 0 aliphatic heterocycles. The lowest BCUT2D eigenvalue weighted by molar-refractivity contribution is 0.0947. The van der Waals surface area contributed by atoms with Crippen LogP contribution in [0.4, 0.5) is 5.69 Å². The van der Waals surface area contributed by atoms with Gasteiger partial charge in [0.05, 0.1) is 23.8 Å². The molecule has 2 aromatic carbocycles. The van der Waals surface area contributed by atoms with E-state index in [1.165, 1.54) is 6.26 Å². The SMILES string of the molecule is Cc1ccc(C(=O)NCc2nc3ccccc3n2C)cc1NC(=O)c1ccco1. The van der Waals surface area contributed by atoms with E-state index in [-0.39, 0.29) is 17.6 Å². The van der Waals surface area contributed by atoms with Crippen LogP contribution in [0.5, 0.6) is 0 Å². The monoisotopic (exact) mass is 388 g/mol. The predicted molar refractivity (Wildman–Crippen MR) is 110 cm³/mol. The van der Waals surface area contributed by atoms with Gasteiger partial charge in [0.1, 0.15) is 5.82 Å². The Morgan fingerprint density at radius 2 is 1.90 bits per heavy atom. The van der Waals surface area contributed by atoms with E-state index in [9.17, 15) is 9.59 Å². The average Bonchev–Trinajstić information content (AvgIpc) is 3.37. The number of rotatable bonds is 5. The zero-order valence-corrected chi connectivity index (χ0v) is 16.1. The van der Waals surface area contributed by atoms with E-state index >= 15 is 0 Å². The van der Waals surface area contributed by atoms with E-state index < -0.39 is 0 Å². The molecule has 0 atom stereocenters. The number of carbonyl (C=O) groups excluding carboxylic acids is 2. The second-order valence-electron chi connectivity index (χ2n) is 6.72. The number of imidazole rings is 1. The van der Waals surface area contributed by atoms with Gasteiger partial charge in [0.25, 0.3) is 11.8 Å². The second-order valence-corrected chi connectivity index (χ2v) is 6.72. The van der Waals surface area contributed by atoms with Gasteiger partial charge in [-0.25, -0.2) is 4.98 Å². The lowest BCUT2D eigenvalue weighted by atomic mass is 10.1. The largest absolute Gasteiger partial charge is 0.459 e. The summed E-state index contributed by atoms with van der Waals surface area (Å²) in [6.07, 6.45) is 1.44. The molecule has 2 heterocycles. The number of benzene rings is 2. The predicted octanol–water partition coefficient (Wildman–Crippen LogP) is 3.66. The summed E-state index contributed by atoms with van der Waals surface area (Å²) in [5, 5.41) is 5.67. The molecule has 0 radical (unpaired) electrons. The van der Waals surface area contributed by atoms with Gasteiger partial charge >= 0.3 is 0 Å². The van der Waals surface area contributed by atoms with E-state index in [4.69, 9.17) is 4.42 Å². The zero-order chi connectivity index (χ0) is 20.4. The third kappa shape index (κ3) is 3.75. The van der Waals surface area contributed by atoms with Crippen LogP contribution in [0.15, 0.2) is 65.3 Å². The Bertz CT molecular complexity index is 1190. The van der Waals surface area contributed by atoms with Gasteiger partial charge in [0.15, 0.2) is 5.76 Å². The minimum Gasteiger partial charge on any atom is -0.459 e. The van der Waals surface area contributed by atoms with Gasteiger partial charge in [-0.05, 0) is 48.9 Å². The highest BCUT2D eigenvalue weighted by molar-refractivity contribution is 6.03. The molecule has 0 fully saturated rings. The summed E-state index contributed by atoms with van der Waals surface area (Å²) in [6, 6.07) is 16.2. The van der Waals surface area contributed by atoms with Crippen molar-refractivity contribution in [2.45, 2.75) is 13.5 Å². The summed E-state index contributed by atoms with van der Waals surface area (Å²) in [5.41, 5.74) is 3.75. The molecule has 2 amide bonds. The second kappa shape index (κ2) is 7.63. The summed E-state index contributed by atoms with van der Waals surface area (Å²) < 4.78 is 7.07. The standard InChI is InChI=1S/C22H20N4O3/c1-14-9-10-15(12-17(14)25-22(28)19-8-5-11-29-19)21(27)23-13-20-24-16-6-3-4-7-18(16)26(20)2/h3-12H,13H2,1-2H3,(H,23,27)(H,25,28). The molecular formula is C22H20N4O3. The van der Waals surface area contributed by atoms with Crippen LogP contribution in [0.2, 0.25) is 0 Å². The van der Waals surface area contributed by atoms with Gasteiger partial charge in [-0.3, -0.25) is 9.59 Å². The molecule has 0 saturated carbocycles. The molecule has 146 valence electrons. The third-order valence-electron chi connectivity index (χ3n) is 4.78. The van der Waals surface area contributed by atoms with Crippen molar-refractivity contribution in [1.29, 1.82) is 0 Å². The summed E-state index contributed by atoms with van der Waals surface area (Å²) in [4.78, 5) is 29.4. The molecular weight excluding hydrogens is 368 g/mol. The number of carbonyl (C=O) groups is 2. The molecule has 0 unspecified atom stereocenters. The van der Waals surface area contributed by atoms with Gasteiger partial charge in [-0.1, -0.05) is 18.2 Å². The number of anilines is 1. The number of nitrogens with zero attached hydrogens (tertiary/aromatic N) is 2. The Labute approximate surface area is 167 Å². The fraction of sp³-hybridized carbons (Fsp3) is 0.136. The maximum absolute atomic E-state index is 12.6. The number of para-hydroxylation sites is 2. The van der Waals surface area contributed by atoms with Gasteiger partial charge in [0, 0.05) is 18.3 Å². The Morgan fingerprint density at radius 1 is 1.07 bits per heavy atom. The van der Waals surface area contributed by atoms with E-state index in [2.05, 4.69) is 15.6 Å². The maximum atomic E-state index is 12.6. The first kappa shape index (κ1) is 18.5. The molecule has 4 aromatic rings. The Morgan fingerprint density at radius 3 is 2.66 bits per heavy atom. The molecule has 29 heavy (non-hydrogen) atoms. The van der Waals surface area contributed by atoms with Gasteiger partial charge < -0.3 is 19.6 Å². The number of hydrogen-bond acceptors (Lipinski definition) is 4. The first-order valence-corrected chi connectivity index (χ1v) is 9.17. The summed E-state index contributed by atoms with van der Waals surface area (Å²) in [6.45, 7) is 2.16. The molecule has 0 saturated heterocycles. The smallest absolute Gasteiger partial charge is 0.291 e. The van der Waals surface area contributed by atoms with Crippen molar-refractivity contribution in [2.24, 2.45) is 7.05 Å². The highest BCUT2D eigenvalue weighted by Crippen LogP contribution is 2.19. The number of amides is 2. The quantitative estimate of drug-likeness (QED) is 0.546. The molecule has 0 bridgehead atoms. The Balaban J connectivity index is 1.48. The number of furan rings is 1. The van der Waals surface area contributed by atoms with Crippen molar-refractivity contribution >= 4 is 28.5 Å². The topological polar surface area (TPSA) is 89.2 Å². The van der Waals surface area contributed by atoms with Gasteiger partial charge in [-0.2, -0.15) is 0 Å². The van der Waals surface area contributed by atoms with Crippen molar-refractivity contribution in [3.8, 4) is 0 Å². The van der Waals surface area contributed by atoms with Crippen LogP contribution < -0.4 is 10.6 Å². The summed E-state index contributed by atoms with van der Waals surface area (Å²) >= 11 is 0. The van der Waals surface area contributed by atoms with Crippen LogP contribution >= 0.6 is 0 Å². The van der Waals surface area contributed by atoms with Crippen LogP contribution in [-0.4, -0.2) is 21.4 Å². The highest BCUT2D eigenvalue weighted by Gasteiger charge is 2.14. The Kier molecular flexibility index (Phi) is 4.87. The number of hydrogen-bond donors (Lipinski definition) is 2. The number of nitrogens with one attached hydrogen (secondary N) is 2. The lowest BCUT2D eigenvalue weighted by Crippen LogP contribution is -2.24. The first-order valence-electron chi connectivity index (χ1n) is 9.17. The Hall–Kier alpha value is -3.87. The first-order chi connectivity index (χ1) is 14.0. The van der Waals surface area contributed by atoms with Gasteiger partial charge in [-0.15, -0.1) is 0 Å². The lowest BCUT2D eigenvalue weighted by Gasteiger charge is -2.10. The van der Waals surface area contributed by atoms with E-state index in [0.717, 1.165) is 22.4 Å². The number of aryl methyl sites for hydroxylation is 2. The molecule has 0 aliphatic carbocycles. The third-order valence-corrected chi connectivity index (χ3v) is 4.78. The highest BCUT2D eigenvalue weighted by atomic mass is 16.3. The van der Waals surface area contributed by atoms with Crippen LogP contribution in [0, 0.1) is 6.92 Å². The molecule has 2 N–H and O–H groups in total.